The first-order chi connectivity index (χ1) is 11.0. The van der Waals surface area contributed by atoms with Crippen molar-refractivity contribution in [3.63, 3.8) is 0 Å². The maximum Gasteiger partial charge on any atom is 0.289 e. The Balaban J connectivity index is 1.87. The maximum atomic E-state index is 12.5. The third-order valence-corrected chi connectivity index (χ3v) is 4.05. The van der Waals surface area contributed by atoms with E-state index in [9.17, 15) is 9.59 Å². The van der Waals surface area contributed by atoms with Crippen LogP contribution in [0.25, 0.3) is 11.0 Å². The van der Waals surface area contributed by atoms with E-state index in [1.807, 2.05) is 24.3 Å². The minimum absolute atomic E-state index is 0.0494. The maximum absolute atomic E-state index is 12.5. The molecule has 0 aliphatic carbocycles. The van der Waals surface area contributed by atoms with Gasteiger partial charge in [-0.25, -0.2) is 0 Å². The zero-order valence-corrected chi connectivity index (χ0v) is 14.0. The number of nitrogens with zero attached hydrogens (tertiary/aromatic N) is 1. The van der Waals surface area contributed by atoms with Crippen molar-refractivity contribution in [3.8, 4) is 0 Å². The SMILES string of the molecule is CN(Cc1ccc(Br)cc1)C(=O)c1cc(=O)c2ccccc2o1. The van der Waals surface area contributed by atoms with Crippen molar-refractivity contribution in [2.45, 2.75) is 6.54 Å². The van der Waals surface area contributed by atoms with E-state index < -0.39 is 0 Å². The van der Waals surface area contributed by atoms with Gasteiger partial charge in [0.25, 0.3) is 5.91 Å². The minimum Gasteiger partial charge on any atom is -0.451 e. The highest BCUT2D eigenvalue weighted by molar-refractivity contribution is 9.10. The summed E-state index contributed by atoms with van der Waals surface area (Å²) in [5.41, 5.74) is 1.19. The largest absolute Gasteiger partial charge is 0.451 e. The lowest BCUT2D eigenvalue weighted by atomic mass is 10.2. The van der Waals surface area contributed by atoms with Crippen LogP contribution in [-0.2, 0) is 6.54 Å². The van der Waals surface area contributed by atoms with Gasteiger partial charge in [-0.05, 0) is 29.8 Å². The Labute approximate surface area is 141 Å². The Kier molecular flexibility index (Phi) is 4.30. The van der Waals surface area contributed by atoms with Gasteiger partial charge in [0.1, 0.15) is 5.58 Å². The summed E-state index contributed by atoms with van der Waals surface area (Å²) >= 11 is 3.38. The van der Waals surface area contributed by atoms with Crippen LogP contribution < -0.4 is 5.43 Å². The van der Waals surface area contributed by atoms with Crippen molar-refractivity contribution in [2.24, 2.45) is 0 Å². The average Bonchev–Trinajstić information content (AvgIpc) is 2.56. The van der Waals surface area contributed by atoms with E-state index >= 15 is 0 Å². The molecule has 0 fully saturated rings. The van der Waals surface area contributed by atoms with Crippen LogP contribution in [0.1, 0.15) is 16.1 Å². The van der Waals surface area contributed by atoms with Crippen LogP contribution in [0.4, 0.5) is 0 Å². The van der Waals surface area contributed by atoms with Gasteiger partial charge in [-0.1, -0.05) is 40.2 Å². The van der Waals surface area contributed by atoms with Crippen LogP contribution in [0, 0.1) is 0 Å². The average molecular weight is 372 g/mol. The summed E-state index contributed by atoms with van der Waals surface area (Å²) in [5, 5.41) is 0.472. The molecule has 0 radical (unpaired) electrons. The van der Waals surface area contributed by atoms with Crippen molar-refractivity contribution < 1.29 is 9.21 Å². The lowest BCUT2D eigenvalue weighted by Crippen LogP contribution is -2.27. The van der Waals surface area contributed by atoms with Gasteiger partial charge in [-0.3, -0.25) is 9.59 Å². The van der Waals surface area contributed by atoms with E-state index in [1.54, 1.807) is 31.3 Å². The molecule has 1 amide bonds. The fraction of sp³-hybridized carbons (Fsp3) is 0.111. The molecular weight excluding hydrogens is 358 g/mol. The van der Waals surface area contributed by atoms with E-state index in [1.165, 1.54) is 11.0 Å². The lowest BCUT2D eigenvalue weighted by molar-refractivity contribution is 0.0754. The number of hydrogen-bond donors (Lipinski definition) is 0. The molecule has 0 atom stereocenters. The number of halogens is 1. The molecular formula is C18H14BrNO3. The molecule has 1 heterocycles. The molecule has 1 aromatic heterocycles. The highest BCUT2D eigenvalue weighted by Gasteiger charge is 2.16. The van der Waals surface area contributed by atoms with Gasteiger partial charge in [0.2, 0.25) is 0 Å². The van der Waals surface area contributed by atoms with Gasteiger partial charge in [0, 0.05) is 24.1 Å². The van der Waals surface area contributed by atoms with Crippen LogP contribution in [0.3, 0.4) is 0 Å². The quantitative estimate of drug-likeness (QED) is 0.702. The molecule has 4 nitrogen and oxygen atoms in total. The van der Waals surface area contributed by atoms with Crippen molar-refractivity contribution in [1.29, 1.82) is 0 Å². The van der Waals surface area contributed by atoms with Crippen LogP contribution in [0.5, 0.6) is 0 Å². The highest BCUT2D eigenvalue weighted by atomic mass is 79.9. The first kappa shape index (κ1) is 15.5. The molecule has 116 valence electrons. The summed E-state index contributed by atoms with van der Waals surface area (Å²) in [4.78, 5) is 26.1. The zero-order chi connectivity index (χ0) is 16.4. The van der Waals surface area contributed by atoms with Gasteiger partial charge >= 0.3 is 0 Å². The standard InChI is InChI=1S/C18H14BrNO3/c1-20(11-12-6-8-13(19)9-7-12)18(22)17-10-15(21)14-4-2-3-5-16(14)23-17/h2-10H,11H2,1H3. The van der Waals surface area contributed by atoms with Crippen LogP contribution >= 0.6 is 15.9 Å². The second-order valence-corrected chi connectivity index (χ2v) is 6.17. The molecule has 5 heteroatoms. The number of rotatable bonds is 3. The van der Waals surface area contributed by atoms with E-state index in [0.717, 1.165) is 10.0 Å². The van der Waals surface area contributed by atoms with Crippen molar-refractivity contribution in [3.05, 3.63) is 80.6 Å². The number of amides is 1. The summed E-state index contributed by atoms with van der Waals surface area (Å²) in [6, 6.07) is 15.9. The molecule has 0 saturated heterocycles. The number of benzene rings is 2. The lowest BCUT2D eigenvalue weighted by Gasteiger charge is -2.16. The van der Waals surface area contributed by atoms with Gasteiger partial charge in [0.15, 0.2) is 11.2 Å². The van der Waals surface area contributed by atoms with E-state index in [0.29, 0.717) is 17.5 Å². The third kappa shape index (κ3) is 3.35. The van der Waals surface area contributed by atoms with E-state index in [2.05, 4.69) is 15.9 Å². The van der Waals surface area contributed by atoms with Crippen LogP contribution in [0.2, 0.25) is 0 Å². The smallest absolute Gasteiger partial charge is 0.289 e. The predicted molar refractivity (Wildman–Crippen MR) is 92.4 cm³/mol. The van der Waals surface area contributed by atoms with Gasteiger partial charge in [-0.15, -0.1) is 0 Å². The van der Waals surface area contributed by atoms with Crippen LogP contribution in [-0.4, -0.2) is 17.9 Å². The minimum atomic E-state index is -0.323. The number of para-hydroxylation sites is 1. The topological polar surface area (TPSA) is 50.5 Å². The highest BCUT2D eigenvalue weighted by Crippen LogP contribution is 2.15. The number of hydrogen-bond acceptors (Lipinski definition) is 3. The number of carbonyl (C=O) groups excluding carboxylic acids is 1. The first-order valence-electron chi connectivity index (χ1n) is 7.07. The summed E-state index contributed by atoms with van der Waals surface area (Å²) in [6.45, 7) is 0.433. The molecule has 0 N–H and O–H groups in total. The fourth-order valence-electron chi connectivity index (χ4n) is 2.33. The second-order valence-electron chi connectivity index (χ2n) is 5.26. The molecule has 0 saturated carbocycles. The zero-order valence-electron chi connectivity index (χ0n) is 12.5. The Morgan fingerprint density at radius 1 is 1.13 bits per heavy atom. The van der Waals surface area contributed by atoms with Crippen LogP contribution in [0.15, 0.2) is 68.3 Å². The van der Waals surface area contributed by atoms with E-state index in [4.69, 9.17) is 4.42 Å². The summed E-state index contributed by atoms with van der Waals surface area (Å²) < 4.78 is 6.57. The summed E-state index contributed by atoms with van der Waals surface area (Å²) in [7, 11) is 1.68. The molecule has 0 bridgehead atoms. The number of fused-ring (bicyclic) bond motifs is 1. The molecule has 2 aromatic carbocycles. The molecule has 0 spiro atoms. The fourth-order valence-corrected chi connectivity index (χ4v) is 2.60. The number of carbonyl (C=O) groups is 1. The van der Waals surface area contributed by atoms with Gasteiger partial charge in [0.05, 0.1) is 5.39 Å². The Morgan fingerprint density at radius 2 is 1.83 bits per heavy atom. The Morgan fingerprint density at radius 3 is 2.57 bits per heavy atom. The first-order valence-corrected chi connectivity index (χ1v) is 7.87. The molecule has 3 rings (SSSR count). The summed E-state index contributed by atoms with van der Waals surface area (Å²) in [6.07, 6.45) is 0. The molecule has 23 heavy (non-hydrogen) atoms. The predicted octanol–water partition coefficient (Wildman–Crippen LogP) is 3.83. The van der Waals surface area contributed by atoms with Crippen molar-refractivity contribution >= 4 is 32.8 Å². The van der Waals surface area contributed by atoms with Crippen molar-refractivity contribution in [1.82, 2.24) is 4.90 Å². The van der Waals surface area contributed by atoms with Gasteiger partial charge < -0.3 is 9.32 Å². The van der Waals surface area contributed by atoms with Gasteiger partial charge in [-0.2, -0.15) is 0 Å². The monoisotopic (exact) mass is 371 g/mol. The Hall–Kier alpha value is -2.40. The normalized spacial score (nSPS) is 10.7. The molecule has 3 aromatic rings. The second kappa shape index (κ2) is 6.38. The van der Waals surface area contributed by atoms with E-state index in [-0.39, 0.29) is 17.1 Å². The Bertz CT molecular complexity index is 915. The molecule has 0 aliphatic heterocycles. The third-order valence-electron chi connectivity index (χ3n) is 3.53. The van der Waals surface area contributed by atoms with Crippen molar-refractivity contribution in [2.75, 3.05) is 7.05 Å². The summed E-state index contributed by atoms with van der Waals surface area (Å²) in [5.74, 6) is -0.274. The molecule has 0 aliphatic rings. The molecule has 0 unspecified atom stereocenters.